The first-order valence-electron chi connectivity index (χ1n) is 8.34. The summed E-state index contributed by atoms with van der Waals surface area (Å²) in [6.45, 7) is 3.14. The van der Waals surface area contributed by atoms with Crippen LogP contribution in [0.3, 0.4) is 0 Å². The van der Waals surface area contributed by atoms with Crippen molar-refractivity contribution in [3.8, 4) is 10.4 Å². The molecule has 0 aliphatic carbocycles. The number of fused-ring (bicyclic) bond motifs is 3. The summed E-state index contributed by atoms with van der Waals surface area (Å²) < 4.78 is 0. The largest absolute Gasteiger partial charge is 0.346 e. The van der Waals surface area contributed by atoms with E-state index in [1.165, 1.54) is 17.4 Å². The lowest BCUT2D eigenvalue weighted by Gasteiger charge is -2.44. The number of amides is 1. The highest BCUT2D eigenvalue weighted by molar-refractivity contribution is 7.17. The average molecular weight is 358 g/mol. The highest BCUT2D eigenvalue weighted by Gasteiger charge is 2.35. The van der Waals surface area contributed by atoms with E-state index in [2.05, 4.69) is 15.2 Å². The second kappa shape index (κ2) is 6.53. The molecule has 3 fully saturated rings. The first-order valence-corrected chi connectivity index (χ1v) is 9.16. The number of hydrogen-bond acceptors (Lipinski definition) is 6. The zero-order chi connectivity index (χ0) is 17.4. The number of nitrogens with zero attached hydrogens (tertiary/aromatic N) is 3. The molecule has 3 aliphatic rings. The van der Waals surface area contributed by atoms with Gasteiger partial charge < -0.3 is 10.2 Å². The molecule has 1 amide bonds. The fourth-order valence-corrected chi connectivity index (χ4v) is 4.56. The Kier molecular flexibility index (Phi) is 4.22. The van der Waals surface area contributed by atoms with Gasteiger partial charge in [0.05, 0.1) is 15.4 Å². The highest BCUT2D eigenvalue weighted by Crippen LogP contribution is 2.34. The van der Waals surface area contributed by atoms with E-state index in [0.29, 0.717) is 21.4 Å². The molecule has 0 spiro atoms. The molecule has 1 atom stereocenters. The SMILES string of the molecule is O=C(N[C@H]1CN2CCC1CC2)c1ncc(-c2ccccc2[N+](=O)[O-])s1. The highest BCUT2D eigenvalue weighted by atomic mass is 32.1. The number of thiazole rings is 1. The van der Waals surface area contributed by atoms with Crippen molar-refractivity contribution in [3.05, 3.63) is 45.6 Å². The minimum atomic E-state index is -0.415. The number of hydrogen-bond donors (Lipinski definition) is 1. The molecule has 0 radical (unpaired) electrons. The topological polar surface area (TPSA) is 88.4 Å². The molecule has 3 saturated heterocycles. The van der Waals surface area contributed by atoms with Crippen LogP contribution in [0.4, 0.5) is 5.69 Å². The monoisotopic (exact) mass is 358 g/mol. The molecule has 4 heterocycles. The lowest BCUT2D eigenvalue weighted by molar-refractivity contribution is -0.384. The molecule has 0 saturated carbocycles. The van der Waals surface area contributed by atoms with E-state index >= 15 is 0 Å². The normalized spacial score (nSPS) is 24.9. The zero-order valence-corrected chi connectivity index (χ0v) is 14.4. The fourth-order valence-electron chi connectivity index (χ4n) is 3.70. The van der Waals surface area contributed by atoms with Gasteiger partial charge in [0, 0.05) is 24.8 Å². The second-order valence-corrected chi connectivity index (χ2v) is 7.55. The van der Waals surface area contributed by atoms with Crippen LogP contribution in [0.15, 0.2) is 30.5 Å². The molecule has 5 rings (SSSR count). The number of carbonyl (C=O) groups is 1. The van der Waals surface area contributed by atoms with Crippen molar-refractivity contribution in [3.63, 3.8) is 0 Å². The molecule has 1 aromatic carbocycles. The van der Waals surface area contributed by atoms with Crippen molar-refractivity contribution < 1.29 is 9.72 Å². The average Bonchev–Trinajstić information content (AvgIpc) is 3.13. The first-order chi connectivity index (χ1) is 12.1. The molecule has 2 aromatic rings. The summed E-state index contributed by atoms with van der Waals surface area (Å²) in [4.78, 5) is 30.5. The zero-order valence-electron chi connectivity index (χ0n) is 13.6. The number of nitro benzene ring substituents is 1. The van der Waals surface area contributed by atoms with Gasteiger partial charge in [0.25, 0.3) is 11.6 Å². The third-order valence-electron chi connectivity index (χ3n) is 5.04. The molecule has 130 valence electrons. The molecular weight excluding hydrogens is 340 g/mol. The molecule has 25 heavy (non-hydrogen) atoms. The van der Waals surface area contributed by atoms with Gasteiger partial charge in [-0.3, -0.25) is 14.9 Å². The molecule has 8 heteroatoms. The van der Waals surface area contributed by atoms with Gasteiger partial charge in [-0.15, -0.1) is 11.3 Å². The van der Waals surface area contributed by atoms with Crippen molar-refractivity contribution >= 4 is 22.9 Å². The first kappa shape index (κ1) is 16.2. The Bertz CT molecular complexity index is 814. The minimum absolute atomic E-state index is 0.0236. The van der Waals surface area contributed by atoms with Gasteiger partial charge in [0.2, 0.25) is 0 Å². The Morgan fingerprint density at radius 1 is 1.32 bits per heavy atom. The maximum absolute atomic E-state index is 12.5. The quantitative estimate of drug-likeness (QED) is 0.670. The van der Waals surface area contributed by atoms with Crippen LogP contribution in [0.25, 0.3) is 10.4 Å². The van der Waals surface area contributed by atoms with Gasteiger partial charge in [0.15, 0.2) is 5.01 Å². The Balaban J connectivity index is 1.51. The maximum atomic E-state index is 12.5. The Hall–Kier alpha value is -2.32. The van der Waals surface area contributed by atoms with Crippen LogP contribution < -0.4 is 5.32 Å². The van der Waals surface area contributed by atoms with Crippen molar-refractivity contribution in [1.29, 1.82) is 0 Å². The number of carbonyl (C=O) groups excluding carboxylic acids is 1. The van der Waals surface area contributed by atoms with Crippen molar-refractivity contribution in [2.75, 3.05) is 19.6 Å². The van der Waals surface area contributed by atoms with Gasteiger partial charge in [-0.25, -0.2) is 4.98 Å². The smallest absolute Gasteiger partial charge is 0.280 e. The minimum Gasteiger partial charge on any atom is -0.346 e. The fraction of sp³-hybridized carbons (Fsp3) is 0.412. The van der Waals surface area contributed by atoms with Gasteiger partial charge in [0.1, 0.15) is 0 Å². The predicted octanol–water partition coefficient (Wildman–Crippen LogP) is 2.54. The second-order valence-electron chi connectivity index (χ2n) is 6.52. The summed E-state index contributed by atoms with van der Waals surface area (Å²) in [7, 11) is 0. The Morgan fingerprint density at radius 3 is 2.76 bits per heavy atom. The number of aromatic nitrogens is 1. The van der Waals surface area contributed by atoms with Gasteiger partial charge in [-0.05, 0) is 37.9 Å². The Morgan fingerprint density at radius 2 is 2.08 bits per heavy atom. The lowest BCUT2D eigenvalue weighted by atomic mass is 9.84. The van der Waals surface area contributed by atoms with Crippen LogP contribution >= 0.6 is 11.3 Å². The third-order valence-corrected chi connectivity index (χ3v) is 6.07. The van der Waals surface area contributed by atoms with Crippen LogP contribution in [0.5, 0.6) is 0 Å². The Labute approximate surface area is 148 Å². The predicted molar refractivity (Wildman–Crippen MR) is 94.6 cm³/mol. The molecule has 1 aromatic heterocycles. The summed E-state index contributed by atoms with van der Waals surface area (Å²) in [5.74, 6) is 0.358. The maximum Gasteiger partial charge on any atom is 0.280 e. The summed E-state index contributed by atoms with van der Waals surface area (Å²) in [5, 5.41) is 14.6. The van der Waals surface area contributed by atoms with Crippen LogP contribution in [0, 0.1) is 16.0 Å². The van der Waals surface area contributed by atoms with E-state index in [9.17, 15) is 14.9 Å². The van der Waals surface area contributed by atoms with E-state index in [0.717, 1.165) is 32.5 Å². The van der Waals surface area contributed by atoms with E-state index < -0.39 is 4.92 Å². The van der Waals surface area contributed by atoms with E-state index in [4.69, 9.17) is 0 Å². The molecule has 3 aliphatic heterocycles. The van der Waals surface area contributed by atoms with Crippen LogP contribution in [0.1, 0.15) is 22.6 Å². The standard InChI is InChI=1S/C17H18N4O3S/c22-16(19-13-10-20-7-5-11(13)6-8-20)17-18-9-15(25-17)12-3-1-2-4-14(12)21(23)24/h1-4,9,11,13H,5-8,10H2,(H,19,22)/t13-/m0/s1. The molecule has 2 bridgehead atoms. The third kappa shape index (κ3) is 3.14. The van der Waals surface area contributed by atoms with Crippen LogP contribution in [-0.4, -0.2) is 46.4 Å². The van der Waals surface area contributed by atoms with E-state index in [1.54, 1.807) is 24.4 Å². The van der Waals surface area contributed by atoms with E-state index in [-0.39, 0.29) is 17.6 Å². The lowest BCUT2D eigenvalue weighted by Crippen LogP contribution is -2.57. The number of nitrogens with one attached hydrogen (secondary N) is 1. The summed E-state index contributed by atoms with van der Waals surface area (Å²) in [5.41, 5.74) is 0.516. The summed E-state index contributed by atoms with van der Waals surface area (Å²) in [6.07, 6.45) is 3.80. The van der Waals surface area contributed by atoms with Gasteiger partial charge >= 0.3 is 0 Å². The number of benzene rings is 1. The number of para-hydroxylation sites is 1. The van der Waals surface area contributed by atoms with Crippen molar-refractivity contribution in [2.45, 2.75) is 18.9 Å². The van der Waals surface area contributed by atoms with E-state index in [1.807, 2.05) is 0 Å². The van der Waals surface area contributed by atoms with Crippen LogP contribution in [-0.2, 0) is 0 Å². The number of piperidine rings is 3. The molecule has 7 nitrogen and oxygen atoms in total. The number of rotatable bonds is 4. The molecule has 0 unspecified atom stereocenters. The van der Waals surface area contributed by atoms with Crippen LogP contribution in [0.2, 0.25) is 0 Å². The van der Waals surface area contributed by atoms with Crippen molar-refractivity contribution in [2.24, 2.45) is 5.92 Å². The summed E-state index contributed by atoms with van der Waals surface area (Å²) in [6, 6.07) is 6.69. The summed E-state index contributed by atoms with van der Waals surface area (Å²) >= 11 is 1.19. The molecular formula is C17H18N4O3S. The van der Waals surface area contributed by atoms with Crippen molar-refractivity contribution in [1.82, 2.24) is 15.2 Å². The number of nitro groups is 1. The van der Waals surface area contributed by atoms with Gasteiger partial charge in [-0.2, -0.15) is 0 Å². The van der Waals surface area contributed by atoms with Gasteiger partial charge in [-0.1, -0.05) is 12.1 Å². The molecule has 1 N–H and O–H groups in total.